The number of amides is 2. The van der Waals surface area contributed by atoms with Gasteiger partial charge < -0.3 is 14.5 Å². The van der Waals surface area contributed by atoms with Crippen LogP contribution in [0.1, 0.15) is 44.4 Å². The van der Waals surface area contributed by atoms with Crippen LogP contribution in [0.5, 0.6) is 0 Å². The Morgan fingerprint density at radius 2 is 1.97 bits per heavy atom. The summed E-state index contributed by atoms with van der Waals surface area (Å²) < 4.78 is 5.15. The number of nitro groups is 1. The van der Waals surface area contributed by atoms with Crippen LogP contribution in [0.15, 0.2) is 60.0 Å². The third kappa shape index (κ3) is 5.47. The molecule has 2 aromatic carbocycles. The van der Waals surface area contributed by atoms with Crippen molar-refractivity contribution < 1.29 is 19.2 Å². The number of hydrogen-bond donors (Lipinski definition) is 0. The van der Waals surface area contributed by atoms with Crippen molar-refractivity contribution in [2.45, 2.75) is 25.8 Å². The zero-order chi connectivity index (χ0) is 25.7. The fraction of sp³-hybridized carbons (Fsp3) is 0.333. The van der Waals surface area contributed by atoms with E-state index in [1.54, 1.807) is 18.4 Å². The number of fused-ring (bicyclic) bond motifs is 1. The quantitative estimate of drug-likeness (QED) is 0.239. The lowest BCUT2D eigenvalue weighted by Gasteiger charge is -2.38. The summed E-state index contributed by atoms with van der Waals surface area (Å²) in [5, 5.41) is 13.3. The molecular formula is C27H29N3O5S. The number of ether oxygens (including phenoxy) is 1. The molecule has 0 N–H and O–H groups in total. The molecule has 1 aliphatic rings. The molecule has 0 aliphatic carbocycles. The van der Waals surface area contributed by atoms with E-state index >= 15 is 0 Å². The molecule has 0 radical (unpaired) electrons. The Morgan fingerprint density at radius 1 is 1.17 bits per heavy atom. The molecule has 1 aromatic heterocycles. The van der Waals surface area contributed by atoms with E-state index in [0.717, 1.165) is 23.1 Å². The largest absolute Gasteiger partial charge is 0.385 e. The molecule has 2 heterocycles. The lowest BCUT2D eigenvalue weighted by Crippen LogP contribution is -2.47. The van der Waals surface area contributed by atoms with Gasteiger partial charge in [-0.2, -0.15) is 0 Å². The summed E-state index contributed by atoms with van der Waals surface area (Å²) in [6.07, 6.45) is 1.31. The van der Waals surface area contributed by atoms with Gasteiger partial charge in [-0.1, -0.05) is 30.3 Å². The van der Waals surface area contributed by atoms with Crippen molar-refractivity contribution in [2.24, 2.45) is 0 Å². The van der Waals surface area contributed by atoms with Gasteiger partial charge in [0.1, 0.15) is 6.54 Å². The lowest BCUT2D eigenvalue weighted by molar-refractivity contribution is -0.384. The summed E-state index contributed by atoms with van der Waals surface area (Å²) in [5.74, 6) is -0.569. The van der Waals surface area contributed by atoms with Crippen LogP contribution < -0.4 is 0 Å². The number of hydrogen-bond acceptors (Lipinski definition) is 6. The van der Waals surface area contributed by atoms with Crippen LogP contribution in [-0.2, 0) is 16.0 Å². The number of non-ortho nitro benzene ring substituents is 1. The molecule has 2 amide bonds. The van der Waals surface area contributed by atoms with Crippen LogP contribution >= 0.6 is 11.3 Å². The first-order valence-corrected chi connectivity index (χ1v) is 12.7. The Balaban J connectivity index is 1.62. The van der Waals surface area contributed by atoms with E-state index in [-0.39, 0.29) is 29.7 Å². The third-order valence-corrected chi connectivity index (χ3v) is 7.46. The topological polar surface area (TPSA) is 93.0 Å². The second kappa shape index (κ2) is 11.5. The first-order chi connectivity index (χ1) is 17.4. The predicted octanol–water partition coefficient (Wildman–Crippen LogP) is 4.62. The van der Waals surface area contributed by atoms with Crippen molar-refractivity contribution in [3.05, 3.63) is 97.2 Å². The third-order valence-electron chi connectivity index (χ3n) is 6.46. The highest BCUT2D eigenvalue weighted by Crippen LogP contribution is 2.39. The van der Waals surface area contributed by atoms with E-state index in [2.05, 4.69) is 17.5 Å². The average molecular weight is 508 g/mol. The van der Waals surface area contributed by atoms with Crippen LogP contribution in [0.25, 0.3) is 0 Å². The van der Waals surface area contributed by atoms with Crippen LogP contribution in [0.2, 0.25) is 0 Å². The Bertz CT molecular complexity index is 1260. The molecule has 1 unspecified atom stereocenters. The molecule has 188 valence electrons. The van der Waals surface area contributed by atoms with Gasteiger partial charge in [-0.05, 0) is 54.0 Å². The minimum atomic E-state index is -0.532. The van der Waals surface area contributed by atoms with E-state index in [1.807, 2.05) is 30.0 Å². The standard InChI is InChI=1S/C27H29N3O5S/c1-19-7-3-4-10-22(19)26-23-12-16-36-24(23)11-14-29(26)25(31)18-28(13-6-15-35-2)27(32)20-8-5-9-21(17-20)30(33)34/h3-5,7-10,12,16-17,26H,6,11,13-15,18H2,1-2H3. The number of nitrogens with zero attached hydrogens (tertiary/aromatic N) is 3. The maximum absolute atomic E-state index is 13.8. The number of nitro benzene ring substituents is 1. The zero-order valence-electron chi connectivity index (χ0n) is 20.4. The van der Waals surface area contributed by atoms with Crippen molar-refractivity contribution in [1.29, 1.82) is 0 Å². The van der Waals surface area contributed by atoms with Gasteiger partial charge in [-0.3, -0.25) is 19.7 Å². The minimum absolute atomic E-state index is 0.118. The van der Waals surface area contributed by atoms with E-state index in [1.165, 1.54) is 34.0 Å². The molecule has 36 heavy (non-hydrogen) atoms. The second-order valence-corrected chi connectivity index (χ2v) is 9.78. The van der Waals surface area contributed by atoms with E-state index in [9.17, 15) is 19.7 Å². The van der Waals surface area contributed by atoms with E-state index in [0.29, 0.717) is 26.1 Å². The number of thiophene rings is 1. The summed E-state index contributed by atoms with van der Waals surface area (Å²) in [6.45, 7) is 3.21. The van der Waals surface area contributed by atoms with Crippen LogP contribution in [0, 0.1) is 17.0 Å². The Morgan fingerprint density at radius 3 is 2.72 bits per heavy atom. The first kappa shape index (κ1) is 25.5. The molecule has 0 spiro atoms. The number of rotatable bonds is 9. The highest BCUT2D eigenvalue weighted by molar-refractivity contribution is 7.10. The molecule has 4 rings (SSSR count). The minimum Gasteiger partial charge on any atom is -0.385 e. The summed E-state index contributed by atoms with van der Waals surface area (Å²) in [6, 6.07) is 15.5. The Labute approximate surface area is 214 Å². The van der Waals surface area contributed by atoms with Crippen LogP contribution in [0.4, 0.5) is 5.69 Å². The molecule has 0 fully saturated rings. The summed E-state index contributed by atoms with van der Waals surface area (Å²) in [5.41, 5.74) is 3.32. The number of benzene rings is 2. The van der Waals surface area contributed by atoms with Crippen LogP contribution in [0.3, 0.4) is 0 Å². The Kier molecular flexibility index (Phi) is 8.12. The monoisotopic (exact) mass is 507 g/mol. The second-order valence-electron chi connectivity index (χ2n) is 8.78. The van der Waals surface area contributed by atoms with Gasteiger partial charge >= 0.3 is 0 Å². The maximum atomic E-state index is 13.8. The van der Waals surface area contributed by atoms with Crippen molar-refractivity contribution in [2.75, 3.05) is 33.4 Å². The molecule has 9 heteroatoms. The lowest BCUT2D eigenvalue weighted by atomic mass is 9.90. The smallest absolute Gasteiger partial charge is 0.270 e. The van der Waals surface area contributed by atoms with Gasteiger partial charge in [0.15, 0.2) is 0 Å². The van der Waals surface area contributed by atoms with Gasteiger partial charge in [0.25, 0.3) is 11.6 Å². The molecule has 1 atom stereocenters. The Hall–Kier alpha value is -3.56. The molecule has 0 saturated carbocycles. The fourth-order valence-corrected chi connectivity index (χ4v) is 5.56. The molecule has 1 aliphatic heterocycles. The van der Waals surface area contributed by atoms with Gasteiger partial charge in [0.05, 0.1) is 11.0 Å². The number of carbonyl (C=O) groups is 2. The highest BCUT2D eigenvalue weighted by Gasteiger charge is 2.34. The fourth-order valence-electron chi connectivity index (χ4n) is 4.66. The normalized spacial score (nSPS) is 14.8. The van der Waals surface area contributed by atoms with Gasteiger partial charge in [-0.15, -0.1) is 11.3 Å². The van der Waals surface area contributed by atoms with Crippen molar-refractivity contribution >= 4 is 28.8 Å². The highest BCUT2D eigenvalue weighted by atomic mass is 32.1. The van der Waals surface area contributed by atoms with Gasteiger partial charge in [0, 0.05) is 49.4 Å². The SMILES string of the molecule is COCCCN(CC(=O)N1CCc2sccc2C1c1ccccc1C)C(=O)c1cccc([N+](=O)[O-])c1. The summed E-state index contributed by atoms with van der Waals surface area (Å²) in [4.78, 5) is 42.5. The summed E-state index contributed by atoms with van der Waals surface area (Å²) in [7, 11) is 1.58. The van der Waals surface area contributed by atoms with Crippen molar-refractivity contribution in [3.63, 3.8) is 0 Å². The number of carbonyl (C=O) groups excluding carboxylic acids is 2. The number of aryl methyl sites for hydroxylation is 1. The molecule has 0 saturated heterocycles. The predicted molar refractivity (Wildman–Crippen MR) is 138 cm³/mol. The average Bonchev–Trinajstić information content (AvgIpc) is 3.37. The van der Waals surface area contributed by atoms with Crippen molar-refractivity contribution in [3.8, 4) is 0 Å². The summed E-state index contributed by atoms with van der Waals surface area (Å²) >= 11 is 1.71. The van der Waals surface area contributed by atoms with E-state index < -0.39 is 10.8 Å². The molecule has 3 aromatic rings. The van der Waals surface area contributed by atoms with Crippen molar-refractivity contribution in [1.82, 2.24) is 9.80 Å². The maximum Gasteiger partial charge on any atom is 0.270 e. The van der Waals surface area contributed by atoms with E-state index in [4.69, 9.17) is 4.74 Å². The van der Waals surface area contributed by atoms with Crippen LogP contribution in [-0.4, -0.2) is 59.9 Å². The van der Waals surface area contributed by atoms with Gasteiger partial charge in [0.2, 0.25) is 5.91 Å². The van der Waals surface area contributed by atoms with Gasteiger partial charge in [-0.25, -0.2) is 0 Å². The number of methoxy groups -OCH3 is 1. The molecular weight excluding hydrogens is 478 g/mol. The molecule has 0 bridgehead atoms. The first-order valence-electron chi connectivity index (χ1n) is 11.8. The molecule has 8 nitrogen and oxygen atoms in total. The zero-order valence-corrected chi connectivity index (χ0v) is 21.2.